The monoisotopic (exact) mass is 330 g/mol. The van der Waals surface area contributed by atoms with Crippen LogP contribution in [0.1, 0.15) is 10.4 Å². The molecule has 0 fully saturated rings. The zero-order valence-electron chi connectivity index (χ0n) is 8.33. The summed E-state index contributed by atoms with van der Waals surface area (Å²) in [7, 11) is 0. The van der Waals surface area contributed by atoms with Gasteiger partial charge in [0.25, 0.3) is 0 Å². The highest BCUT2D eigenvalue weighted by atomic mass is 127. The Morgan fingerprint density at radius 1 is 1.47 bits per heavy atom. The maximum atomic E-state index is 4.05. The summed E-state index contributed by atoms with van der Waals surface area (Å²) in [5.74, 6) is 0. The van der Waals surface area contributed by atoms with Crippen LogP contribution in [-0.4, -0.2) is 4.98 Å². The van der Waals surface area contributed by atoms with E-state index in [0.717, 1.165) is 6.54 Å². The summed E-state index contributed by atoms with van der Waals surface area (Å²) < 4.78 is 1.29. The molecule has 0 amide bonds. The van der Waals surface area contributed by atoms with Crippen LogP contribution < -0.4 is 5.32 Å². The first-order valence-corrected chi connectivity index (χ1v) is 6.59. The summed E-state index contributed by atoms with van der Waals surface area (Å²) in [5, 5.41) is 3.42. The van der Waals surface area contributed by atoms with Crippen molar-refractivity contribution in [1.82, 2.24) is 4.98 Å². The number of aromatic nitrogens is 1. The molecule has 15 heavy (non-hydrogen) atoms. The van der Waals surface area contributed by atoms with E-state index in [-0.39, 0.29) is 0 Å². The van der Waals surface area contributed by atoms with Gasteiger partial charge in [0.05, 0.1) is 12.1 Å². The number of hydrogen-bond acceptors (Lipinski definition) is 3. The van der Waals surface area contributed by atoms with Crippen molar-refractivity contribution in [1.29, 1.82) is 0 Å². The number of nitrogens with zero attached hydrogens (tertiary/aromatic N) is 1. The largest absolute Gasteiger partial charge is 0.380 e. The van der Waals surface area contributed by atoms with Gasteiger partial charge >= 0.3 is 0 Å². The third-order valence-electron chi connectivity index (χ3n) is 2.20. The quantitative estimate of drug-likeness (QED) is 0.869. The summed E-state index contributed by atoms with van der Waals surface area (Å²) >= 11 is 4.03. The van der Waals surface area contributed by atoms with Crippen molar-refractivity contribution < 1.29 is 0 Å². The number of anilines is 1. The van der Waals surface area contributed by atoms with Gasteiger partial charge in [-0.25, -0.2) is 0 Å². The van der Waals surface area contributed by atoms with Crippen LogP contribution in [0.15, 0.2) is 29.9 Å². The Morgan fingerprint density at radius 2 is 2.33 bits per heavy atom. The third-order valence-corrected chi connectivity index (χ3v) is 4.15. The molecule has 0 atom stereocenters. The van der Waals surface area contributed by atoms with E-state index in [0.29, 0.717) is 0 Å². The average Bonchev–Trinajstić information content (AvgIpc) is 2.73. The van der Waals surface area contributed by atoms with Crippen LogP contribution in [0, 0.1) is 10.5 Å². The summed E-state index contributed by atoms with van der Waals surface area (Å²) in [5.41, 5.74) is 4.37. The van der Waals surface area contributed by atoms with Gasteiger partial charge < -0.3 is 5.32 Å². The molecular formula is C11H11IN2S. The molecule has 1 N–H and O–H groups in total. The molecule has 2 nitrogen and oxygen atoms in total. The zero-order valence-corrected chi connectivity index (χ0v) is 11.3. The van der Waals surface area contributed by atoms with E-state index in [4.69, 9.17) is 0 Å². The van der Waals surface area contributed by atoms with Crippen LogP contribution >= 0.6 is 33.9 Å². The lowest BCUT2D eigenvalue weighted by atomic mass is 10.2. The molecule has 2 rings (SSSR count). The number of halogens is 1. The Labute approximate surface area is 107 Å². The second kappa shape index (κ2) is 4.94. The summed E-state index contributed by atoms with van der Waals surface area (Å²) in [4.78, 5) is 5.31. The van der Waals surface area contributed by atoms with Crippen molar-refractivity contribution in [3.8, 4) is 0 Å². The van der Waals surface area contributed by atoms with E-state index >= 15 is 0 Å². The number of rotatable bonds is 3. The van der Waals surface area contributed by atoms with E-state index in [1.807, 2.05) is 11.7 Å². The van der Waals surface area contributed by atoms with Gasteiger partial charge in [-0.3, -0.25) is 4.98 Å². The highest BCUT2D eigenvalue weighted by Gasteiger charge is 2.01. The molecule has 0 unspecified atom stereocenters. The van der Waals surface area contributed by atoms with Crippen molar-refractivity contribution in [2.24, 2.45) is 0 Å². The average molecular weight is 330 g/mol. The van der Waals surface area contributed by atoms with Crippen molar-refractivity contribution in [3.05, 3.63) is 43.9 Å². The molecule has 0 spiro atoms. The molecule has 2 aromatic rings. The fraction of sp³-hybridized carbons (Fsp3) is 0.182. The van der Waals surface area contributed by atoms with Gasteiger partial charge in [0.1, 0.15) is 0 Å². The zero-order chi connectivity index (χ0) is 10.7. The molecule has 78 valence electrons. The fourth-order valence-electron chi connectivity index (χ4n) is 1.31. The Balaban J connectivity index is 2.08. The van der Waals surface area contributed by atoms with Gasteiger partial charge in [-0.2, -0.15) is 0 Å². The first-order valence-electron chi connectivity index (χ1n) is 4.64. The normalized spacial score (nSPS) is 10.3. The van der Waals surface area contributed by atoms with Crippen molar-refractivity contribution in [2.75, 3.05) is 5.32 Å². The molecule has 0 saturated heterocycles. The molecule has 0 aliphatic heterocycles. The minimum absolute atomic E-state index is 0.853. The van der Waals surface area contributed by atoms with E-state index in [1.54, 1.807) is 11.3 Å². The van der Waals surface area contributed by atoms with Crippen LogP contribution in [0.2, 0.25) is 0 Å². The second-order valence-corrected chi connectivity index (χ2v) is 5.37. The van der Waals surface area contributed by atoms with Gasteiger partial charge in [-0.1, -0.05) is 6.07 Å². The lowest BCUT2D eigenvalue weighted by Crippen LogP contribution is -2.00. The molecule has 1 aromatic carbocycles. The molecule has 0 bridgehead atoms. The van der Waals surface area contributed by atoms with Crippen molar-refractivity contribution >= 4 is 39.6 Å². The van der Waals surface area contributed by atoms with Crippen LogP contribution in [0.25, 0.3) is 0 Å². The van der Waals surface area contributed by atoms with Gasteiger partial charge in [0.15, 0.2) is 0 Å². The minimum Gasteiger partial charge on any atom is -0.380 e. The first kappa shape index (κ1) is 10.9. The Bertz CT molecular complexity index is 440. The maximum absolute atomic E-state index is 4.05. The van der Waals surface area contributed by atoms with E-state index < -0.39 is 0 Å². The Hall–Kier alpha value is -0.620. The van der Waals surface area contributed by atoms with Gasteiger partial charge in [-0.05, 0) is 47.2 Å². The number of nitrogens with one attached hydrogen (secondary N) is 1. The Morgan fingerprint density at radius 3 is 3.07 bits per heavy atom. The number of thiazole rings is 1. The third kappa shape index (κ3) is 2.69. The van der Waals surface area contributed by atoms with Crippen LogP contribution in [0.4, 0.5) is 5.69 Å². The maximum Gasteiger partial charge on any atom is 0.0794 e. The summed E-state index contributed by atoms with van der Waals surface area (Å²) in [6.45, 7) is 2.99. The van der Waals surface area contributed by atoms with Crippen molar-refractivity contribution in [3.63, 3.8) is 0 Å². The topological polar surface area (TPSA) is 24.9 Å². The van der Waals surface area contributed by atoms with E-state index in [9.17, 15) is 0 Å². The van der Waals surface area contributed by atoms with E-state index in [2.05, 4.69) is 58.0 Å². The van der Waals surface area contributed by atoms with Crippen LogP contribution in [0.5, 0.6) is 0 Å². The molecule has 0 saturated carbocycles. The summed E-state index contributed by atoms with van der Waals surface area (Å²) in [6.07, 6.45) is 1.90. The first-order chi connectivity index (χ1) is 7.27. The molecule has 4 heteroatoms. The second-order valence-electron chi connectivity index (χ2n) is 3.23. The van der Waals surface area contributed by atoms with Gasteiger partial charge in [0.2, 0.25) is 0 Å². The fourth-order valence-corrected chi connectivity index (χ4v) is 2.34. The molecular weight excluding hydrogens is 319 g/mol. The van der Waals surface area contributed by atoms with Gasteiger partial charge in [0, 0.05) is 20.3 Å². The lowest BCUT2D eigenvalue weighted by molar-refractivity contribution is 1.16. The molecule has 0 aliphatic carbocycles. The molecule has 1 heterocycles. The molecule has 0 aliphatic rings. The highest BCUT2D eigenvalue weighted by Crippen LogP contribution is 2.21. The summed E-state index contributed by atoms with van der Waals surface area (Å²) in [6, 6.07) is 6.30. The predicted molar refractivity (Wildman–Crippen MR) is 73.3 cm³/mol. The lowest BCUT2D eigenvalue weighted by Gasteiger charge is -2.09. The predicted octanol–water partition coefficient (Wildman–Crippen LogP) is 3.67. The highest BCUT2D eigenvalue weighted by molar-refractivity contribution is 14.1. The molecule has 1 aromatic heterocycles. The standard InChI is InChI=1S/C11H11IN2S/c1-8-10(12)3-2-4-11(8)14-6-9-5-13-7-15-9/h2-5,7,14H,6H2,1H3. The number of benzene rings is 1. The SMILES string of the molecule is Cc1c(I)cccc1NCc1cncs1. The smallest absolute Gasteiger partial charge is 0.0794 e. The van der Waals surface area contributed by atoms with Gasteiger partial charge in [-0.15, -0.1) is 11.3 Å². The molecule has 0 radical (unpaired) electrons. The number of hydrogen-bond donors (Lipinski definition) is 1. The van der Waals surface area contributed by atoms with E-state index in [1.165, 1.54) is 19.7 Å². The van der Waals surface area contributed by atoms with Crippen LogP contribution in [0.3, 0.4) is 0 Å². The Kier molecular flexibility index (Phi) is 3.58. The van der Waals surface area contributed by atoms with Crippen molar-refractivity contribution in [2.45, 2.75) is 13.5 Å². The minimum atomic E-state index is 0.853. The van der Waals surface area contributed by atoms with Crippen LogP contribution in [-0.2, 0) is 6.54 Å².